The summed E-state index contributed by atoms with van der Waals surface area (Å²) in [7, 11) is 0. The molecule has 1 aliphatic heterocycles. The van der Waals surface area contributed by atoms with Crippen molar-refractivity contribution in [3.05, 3.63) is 0 Å². The number of ether oxygens (including phenoxy) is 2. The summed E-state index contributed by atoms with van der Waals surface area (Å²) in [6.07, 6.45) is 3.90. The lowest BCUT2D eigenvalue weighted by Gasteiger charge is -2.32. The van der Waals surface area contributed by atoms with Gasteiger partial charge < -0.3 is 14.6 Å². The SMILES string of the molecule is CC(C)(CCO)OC1CCCCO1. The van der Waals surface area contributed by atoms with E-state index in [0.717, 1.165) is 19.4 Å². The molecule has 1 aliphatic rings. The molecule has 1 heterocycles. The van der Waals surface area contributed by atoms with Gasteiger partial charge in [0.25, 0.3) is 0 Å². The molecule has 0 aromatic rings. The lowest BCUT2D eigenvalue weighted by atomic mass is 10.1. The molecule has 1 fully saturated rings. The van der Waals surface area contributed by atoms with E-state index >= 15 is 0 Å². The van der Waals surface area contributed by atoms with Crippen molar-refractivity contribution < 1.29 is 14.6 Å². The van der Waals surface area contributed by atoms with Crippen LogP contribution in [0.15, 0.2) is 0 Å². The van der Waals surface area contributed by atoms with Crippen LogP contribution in [0.25, 0.3) is 0 Å². The monoisotopic (exact) mass is 188 g/mol. The Hall–Kier alpha value is -0.120. The fraction of sp³-hybridized carbons (Fsp3) is 1.00. The molecule has 1 atom stereocenters. The highest BCUT2D eigenvalue weighted by Crippen LogP contribution is 2.22. The Kier molecular flexibility index (Phi) is 4.16. The lowest BCUT2D eigenvalue weighted by Crippen LogP contribution is -2.34. The fourth-order valence-electron chi connectivity index (χ4n) is 1.49. The van der Waals surface area contributed by atoms with E-state index in [1.54, 1.807) is 0 Å². The molecule has 1 N–H and O–H groups in total. The summed E-state index contributed by atoms with van der Waals surface area (Å²) < 4.78 is 11.2. The van der Waals surface area contributed by atoms with Crippen molar-refractivity contribution in [2.45, 2.75) is 51.4 Å². The van der Waals surface area contributed by atoms with Crippen molar-refractivity contribution in [1.82, 2.24) is 0 Å². The smallest absolute Gasteiger partial charge is 0.158 e. The predicted molar refractivity (Wildman–Crippen MR) is 50.5 cm³/mol. The second-order valence-corrected chi connectivity index (χ2v) is 4.15. The van der Waals surface area contributed by atoms with E-state index in [1.807, 2.05) is 13.8 Å². The summed E-state index contributed by atoms with van der Waals surface area (Å²) in [5.41, 5.74) is -0.267. The van der Waals surface area contributed by atoms with Gasteiger partial charge in [-0.25, -0.2) is 0 Å². The van der Waals surface area contributed by atoms with Crippen molar-refractivity contribution in [3.8, 4) is 0 Å². The first kappa shape index (κ1) is 11.0. The standard InChI is InChI=1S/C10H20O3/c1-10(2,6-7-11)13-9-5-3-4-8-12-9/h9,11H,3-8H2,1-2H3. The van der Waals surface area contributed by atoms with E-state index in [9.17, 15) is 0 Å². The van der Waals surface area contributed by atoms with Gasteiger partial charge in [-0.3, -0.25) is 0 Å². The van der Waals surface area contributed by atoms with Crippen LogP contribution >= 0.6 is 0 Å². The van der Waals surface area contributed by atoms with E-state index in [0.29, 0.717) is 6.42 Å². The Morgan fingerprint density at radius 1 is 1.46 bits per heavy atom. The lowest BCUT2D eigenvalue weighted by molar-refractivity contribution is -0.218. The third-order valence-electron chi connectivity index (χ3n) is 2.30. The zero-order valence-electron chi connectivity index (χ0n) is 8.58. The Labute approximate surface area is 80.0 Å². The molecule has 0 aromatic heterocycles. The molecule has 0 aliphatic carbocycles. The zero-order chi connectivity index (χ0) is 9.73. The molecule has 0 saturated carbocycles. The number of rotatable bonds is 4. The number of aliphatic hydroxyl groups excluding tert-OH is 1. The van der Waals surface area contributed by atoms with Crippen LogP contribution in [0.5, 0.6) is 0 Å². The highest BCUT2D eigenvalue weighted by molar-refractivity contribution is 4.69. The van der Waals surface area contributed by atoms with Gasteiger partial charge in [-0.05, 0) is 39.5 Å². The summed E-state index contributed by atoms with van der Waals surface area (Å²) in [4.78, 5) is 0. The summed E-state index contributed by atoms with van der Waals surface area (Å²) in [6, 6.07) is 0. The van der Waals surface area contributed by atoms with Gasteiger partial charge in [0, 0.05) is 13.2 Å². The third kappa shape index (κ3) is 4.07. The van der Waals surface area contributed by atoms with Gasteiger partial charge in [-0.1, -0.05) is 0 Å². The van der Waals surface area contributed by atoms with Crippen molar-refractivity contribution >= 4 is 0 Å². The van der Waals surface area contributed by atoms with Crippen LogP contribution in [0.3, 0.4) is 0 Å². The van der Waals surface area contributed by atoms with Crippen LogP contribution < -0.4 is 0 Å². The second kappa shape index (κ2) is 4.94. The zero-order valence-corrected chi connectivity index (χ0v) is 8.58. The van der Waals surface area contributed by atoms with Gasteiger partial charge >= 0.3 is 0 Å². The number of aliphatic hydroxyl groups is 1. The minimum atomic E-state index is -0.267. The highest BCUT2D eigenvalue weighted by atomic mass is 16.7. The Balaban J connectivity index is 2.28. The van der Waals surface area contributed by atoms with Crippen molar-refractivity contribution in [3.63, 3.8) is 0 Å². The summed E-state index contributed by atoms with van der Waals surface area (Å²) in [6.45, 7) is 4.95. The highest BCUT2D eigenvalue weighted by Gasteiger charge is 2.24. The van der Waals surface area contributed by atoms with Crippen LogP contribution in [0.1, 0.15) is 39.5 Å². The molecule has 1 saturated heterocycles. The maximum Gasteiger partial charge on any atom is 0.158 e. The van der Waals surface area contributed by atoms with Crippen molar-refractivity contribution in [2.24, 2.45) is 0 Å². The largest absolute Gasteiger partial charge is 0.396 e. The Bertz CT molecular complexity index is 139. The maximum absolute atomic E-state index is 8.81. The Morgan fingerprint density at radius 2 is 2.23 bits per heavy atom. The Morgan fingerprint density at radius 3 is 2.77 bits per heavy atom. The quantitative estimate of drug-likeness (QED) is 0.729. The second-order valence-electron chi connectivity index (χ2n) is 4.15. The maximum atomic E-state index is 8.81. The topological polar surface area (TPSA) is 38.7 Å². The van der Waals surface area contributed by atoms with E-state index < -0.39 is 0 Å². The van der Waals surface area contributed by atoms with E-state index in [-0.39, 0.29) is 18.5 Å². The molecule has 0 aromatic carbocycles. The van der Waals surface area contributed by atoms with Gasteiger partial charge in [-0.15, -0.1) is 0 Å². The van der Waals surface area contributed by atoms with Gasteiger partial charge in [0.2, 0.25) is 0 Å². The molecule has 1 unspecified atom stereocenters. The molecule has 0 spiro atoms. The first-order chi connectivity index (χ1) is 6.14. The van der Waals surface area contributed by atoms with Crippen LogP contribution in [0.2, 0.25) is 0 Å². The molecule has 0 amide bonds. The molecular weight excluding hydrogens is 168 g/mol. The molecule has 78 valence electrons. The summed E-state index contributed by atoms with van der Waals surface area (Å²) in [5, 5.41) is 8.81. The molecule has 1 rings (SSSR count). The average molecular weight is 188 g/mol. The van der Waals surface area contributed by atoms with Gasteiger partial charge in [-0.2, -0.15) is 0 Å². The molecule has 3 heteroatoms. The summed E-state index contributed by atoms with van der Waals surface area (Å²) >= 11 is 0. The van der Waals surface area contributed by atoms with Gasteiger partial charge in [0.15, 0.2) is 6.29 Å². The first-order valence-electron chi connectivity index (χ1n) is 5.04. The van der Waals surface area contributed by atoms with E-state index in [2.05, 4.69) is 0 Å². The minimum absolute atomic E-state index is 0.0599. The van der Waals surface area contributed by atoms with E-state index in [1.165, 1.54) is 6.42 Å². The first-order valence-corrected chi connectivity index (χ1v) is 5.04. The van der Waals surface area contributed by atoms with E-state index in [4.69, 9.17) is 14.6 Å². The molecule has 0 bridgehead atoms. The van der Waals surface area contributed by atoms with Crippen molar-refractivity contribution in [1.29, 1.82) is 0 Å². The van der Waals surface area contributed by atoms with Crippen molar-refractivity contribution in [2.75, 3.05) is 13.2 Å². The molecule has 0 radical (unpaired) electrons. The van der Waals surface area contributed by atoms with Crippen LogP contribution in [0, 0.1) is 0 Å². The average Bonchev–Trinajstić information content (AvgIpc) is 2.04. The van der Waals surface area contributed by atoms with Gasteiger partial charge in [0.1, 0.15) is 0 Å². The number of hydrogen-bond acceptors (Lipinski definition) is 3. The van der Waals surface area contributed by atoms with Crippen LogP contribution in [0.4, 0.5) is 0 Å². The third-order valence-corrected chi connectivity index (χ3v) is 2.30. The van der Waals surface area contributed by atoms with Crippen LogP contribution in [-0.4, -0.2) is 30.2 Å². The normalized spacial score (nSPS) is 24.7. The minimum Gasteiger partial charge on any atom is -0.396 e. The predicted octanol–water partition coefficient (Wildman–Crippen LogP) is 1.69. The summed E-state index contributed by atoms with van der Waals surface area (Å²) in [5.74, 6) is 0. The molecule has 3 nitrogen and oxygen atoms in total. The van der Waals surface area contributed by atoms with Crippen LogP contribution in [-0.2, 0) is 9.47 Å². The number of hydrogen-bond donors (Lipinski definition) is 1. The molecular formula is C10H20O3. The fourth-order valence-corrected chi connectivity index (χ4v) is 1.49. The molecule has 13 heavy (non-hydrogen) atoms. The van der Waals surface area contributed by atoms with Gasteiger partial charge in [0.05, 0.1) is 5.60 Å².